The molecule has 350 valence electrons. The molecule has 0 spiro atoms. The molecular weight excluding hydrogens is 867 g/mol. The highest BCUT2D eigenvalue weighted by atomic mass is 32.2. The molecule has 1 saturated heterocycles. The molecular formula is C48H63N7O8S2. The molecule has 4 amide bonds. The number of amides is 4. The second-order valence-electron chi connectivity index (χ2n) is 19.8. The molecule has 5 atom stereocenters. The van der Waals surface area contributed by atoms with Gasteiger partial charge in [-0.15, -0.1) is 17.3 Å². The van der Waals surface area contributed by atoms with Crippen molar-refractivity contribution in [2.45, 2.75) is 177 Å². The highest BCUT2D eigenvalue weighted by molar-refractivity contribution is 7.92. The summed E-state index contributed by atoms with van der Waals surface area (Å²) in [6, 6.07) is 4.11. The van der Waals surface area contributed by atoms with Crippen molar-refractivity contribution >= 4 is 56.2 Å². The number of nitrogens with one attached hydrogen (secondary N) is 3. The number of carbonyl (C=O) groups is 4. The summed E-state index contributed by atoms with van der Waals surface area (Å²) in [5.41, 5.74) is 1.23. The Morgan fingerprint density at radius 3 is 2.48 bits per heavy atom. The van der Waals surface area contributed by atoms with Crippen molar-refractivity contribution in [2.24, 2.45) is 5.92 Å². The average molecular weight is 930 g/mol. The first-order valence-electron chi connectivity index (χ1n) is 23.4. The molecule has 5 unspecified atom stereocenters. The molecule has 3 aliphatic carbocycles. The van der Waals surface area contributed by atoms with E-state index < -0.39 is 73.8 Å². The number of thiazole rings is 1. The van der Waals surface area contributed by atoms with E-state index in [-0.39, 0.29) is 25.4 Å². The lowest BCUT2D eigenvalue weighted by molar-refractivity contribution is -0.141. The van der Waals surface area contributed by atoms with Crippen LogP contribution in [0.5, 0.6) is 6.01 Å². The summed E-state index contributed by atoms with van der Waals surface area (Å²) >= 11 is 1.62. The molecule has 17 heteroatoms. The first-order chi connectivity index (χ1) is 30.9. The molecule has 0 radical (unpaired) electrons. The number of hydrogen-bond acceptors (Lipinski definition) is 11. The number of allylic oxidation sites excluding steroid dienone is 1. The van der Waals surface area contributed by atoms with Gasteiger partial charge < -0.3 is 25.0 Å². The van der Waals surface area contributed by atoms with Crippen LogP contribution < -0.4 is 20.1 Å². The van der Waals surface area contributed by atoms with E-state index in [0.29, 0.717) is 44.0 Å². The van der Waals surface area contributed by atoms with Gasteiger partial charge in [0.25, 0.3) is 21.9 Å². The third-order valence-electron chi connectivity index (χ3n) is 13.4. The Morgan fingerprint density at radius 1 is 1.03 bits per heavy atom. The van der Waals surface area contributed by atoms with E-state index in [9.17, 15) is 27.6 Å². The smallest absolute Gasteiger partial charge is 0.408 e. The van der Waals surface area contributed by atoms with Crippen LogP contribution in [-0.4, -0.2) is 92.3 Å². The zero-order chi connectivity index (χ0) is 46.3. The Kier molecular flexibility index (Phi) is 13.2. The fourth-order valence-electron chi connectivity index (χ4n) is 9.72. The van der Waals surface area contributed by atoms with Crippen LogP contribution in [-0.2, 0) is 29.1 Å². The molecule has 4 fully saturated rings. The fourth-order valence-corrected chi connectivity index (χ4v) is 12.1. The second-order valence-corrected chi connectivity index (χ2v) is 22.6. The maximum absolute atomic E-state index is 14.8. The van der Waals surface area contributed by atoms with Gasteiger partial charge in [-0.25, -0.2) is 22.9 Å². The van der Waals surface area contributed by atoms with Crippen molar-refractivity contribution in [3.8, 4) is 28.4 Å². The quantitative estimate of drug-likeness (QED) is 0.144. The van der Waals surface area contributed by atoms with Gasteiger partial charge in [0, 0.05) is 35.2 Å². The number of sulfonamides is 1. The molecule has 3 N–H and O–H groups in total. The van der Waals surface area contributed by atoms with Crippen LogP contribution >= 0.6 is 11.3 Å². The van der Waals surface area contributed by atoms with Crippen molar-refractivity contribution in [1.29, 1.82) is 0 Å². The molecule has 4 heterocycles. The zero-order valence-electron chi connectivity index (χ0n) is 38.4. The lowest BCUT2D eigenvalue weighted by Gasteiger charge is -2.30. The van der Waals surface area contributed by atoms with Gasteiger partial charge in [0.05, 0.1) is 17.8 Å². The van der Waals surface area contributed by atoms with Gasteiger partial charge in [-0.05, 0) is 105 Å². The minimum absolute atomic E-state index is 0.0239. The summed E-state index contributed by atoms with van der Waals surface area (Å²) < 4.78 is 42.4. The molecule has 0 bridgehead atoms. The van der Waals surface area contributed by atoms with Gasteiger partial charge in [-0.2, -0.15) is 4.98 Å². The van der Waals surface area contributed by atoms with E-state index in [1.165, 1.54) is 24.2 Å². The highest BCUT2D eigenvalue weighted by Crippen LogP contribution is 2.48. The van der Waals surface area contributed by atoms with Crippen LogP contribution in [0.25, 0.3) is 21.6 Å². The number of aromatic nitrogens is 3. The maximum atomic E-state index is 14.8. The molecule has 15 nitrogen and oxygen atoms in total. The zero-order valence-corrected chi connectivity index (χ0v) is 40.0. The summed E-state index contributed by atoms with van der Waals surface area (Å²) in [6.45, 7) is 10.8. The van der Waals surface area contributed by atoms with E-state index in [2.05, 4.69) is 32.6 Å². The number of ether oxygens (including phenoxy) is 2. The Bertz CT molecular complexity index is 2520. The Balaban J connectivity index is 1.11. The van der Waals surface area contributed by atoms with E-state index in [1.807, 2.05) is 48.8 Å². The lowest BCUT2D eigenvalue weighted by atomic mass is 9.87. The number of benzene rings is 1. The number of imidazole rings is 1. The summed E-state index contributed by atoms with van der Waals surface area (Å²) in [4.78, 5) is 68.6. The summed E-state index contributed by atoms with van der Waals surface area (Å²) in [7, 11) is -4.20. The molecule has 3 aromatic rings. The molecule has 65 heavy (non-hydrogen) atoms. The van der Waals surface area contributed by atoms with Crippen LogP contribution in [0.3, 0.4) is 0 Å². The minimum atomic E-state index is -4.20. The Labute approximate surface area is 386 Å². The molecule has 5 aliphatic rings. The Hall–Kier alpha value is -4.95. The molecule has 2 aromatic heterocycles. The number of alkyl carbamates (subject to hydrolysis) is 1. The van der Waals surface area contributed by atoms with Crippen molar-refractivity contribution in [1.82, 2.24) is 34.8 Å². The average Bonchev–Trinajstić information content (AvgIpc) is 3.96. The highest BCUT2D eigenvalue weighted by Gasteiger charge is 2.63. The number of nitrogens with zero attached hydrogens (tertiary/aromatic N) is 4. The number of rotatable bonds is 9. The van der Waals surface area contributed by atoms with Gasteiger partial charge in [0.1, 0.15) is 39.9 Å². The summed E-state index contributed by atoms with van der Waals surface area (Å²) in [5, 5.41) is 8.79. The van der Waals surface area contributed by atoms with Gasteiger partial charge >= 0.3 is 6.09 Å². The SMILES string of the molecule is CC#CC1(S(=O)(=O)NC(=O)C23CC2C=CCCCCCC(NC(=O)OC(C)(C)C)C(=O)N2CC(Oc4nc5c(-c6nc(C7CCCCC7)cs6)cccc5n4C(C)C)CC2C(=O)N3)CC1. The van der Waals surface area contributed by atoms with Crippen LogP contribution in [0, 0.1) is 17.8 Å². The lowest BCUT2D eigenvalue weighted by Crippen LogP contribution is -2.58. The largest absolute Gasteiger partial charge is 0.459 e. The summed E-state index contributed by atoms with van der Waals surface area (Å²) in [5.74, 6) is 3.47. The van der Waals surface area contributed by atoms with Gasteiger partial charge in [-0.3, -0.25) is 19.0 Å². The van der Waals surface area contributed by atoms with Crippen LogP contribution in [0.2, 0.25) is 0 Å². The van der Waals surface area contributed by atoms with E-state index in [1.54, 1.807) is 39.0 Å². The monoisotopic (exact) mass is 929 g/mol. The summed E-state index contributed by atoms with van der Waals surface area (Å²) in [6.07, 6.45) is 12.3. The van der Waals surface area contributed by atoms with Gasteiger partial charge in [0.15, 0.2) is 4.75 Å². The van der Waals surface area contributed by atoms with E-state index >= 15 is 0 Å². The minimum Gasteiger partial charge on any atom is -0.459 e. The molecule has 3 saturated carbocycles. The van der Waals surface area contributed by atoms with E-state index in [0.717, 1.165) is 53.0 Å². The first kappa shape index (κ1) is 46.6. The van der Waals surface area contributed by atoms with Crippen LogP contribution in [0.4, 0.5) is 4.79 Å². The standard InChI is InChI=1S/C48H63N7O8S2/c1-7-23-47(24-25-47)65(60,61)53-43(58)48-27-32(48)19-14-9-8-10-15-21-35(50-45(59)63-46(4,5)6)42(57)54-28-33(26-38(54)40(56)52-48)62-44-51-39-34(20-16-22-37(39)55(44)30(2)3)41-49-36(29-64-41)31-17-12-11-13-18-31/h14,16,19-20,22,29-33,35,38H,8-13,15,17-18,21,24-28H2,1-6H3,(H,50,59)(H,52,56)(H,53,58). The maximum Gasteiger partial charge on any atom is 0.408 e. The van der Waals surface area contributed by atoms with E-state index in [4.69, 9.17) is 19.4 Å². The van der Waals surface area contributed by atoms with Crippen molar-refractivity contribution < 1.29 is 37.1 Å². The third-order valence-corrected chi connectivity index (χ3v) is 16.3. The number of fused-ring (bicyclic) bond motifs is 3. The number of para-hydroxylation sites is 1. The van der Waals surface area contributed by atoms with Crippen molar-refractivity contribution in [3.63, 3.8) is 0 Å². The number of hydrogen-bond donors (Lipinski definition) is 3. The van der Waals surface area contributed by atoms with Crippen molar-refractivity contribution in [3.05, 3.63) is 41.4 Å². The topological polar surface area (TPSA) is 191 Å². The Morgan fingerprint density at radius 2 is 1.77 bits per heavy atom. The van der Waals surface area contributed by atoms with Crippen molar-refractivity contribution in [2.75, 3.05) is 6.54 Å². The van der Waals surface area contributed by atoms with Crippen LogP contribution in [0.1, 0.15) is 149 Å². The second kappa shape index (κ2) is 18.4. The number of carbonyl (C=O) groups excluding carboxylic acids is 4. The normalized spacial score (nSPS) is 26.2. The third kappa shape index (κ3) is 9.80. The predicted octanol–water partition coefficient (Wildman–Crippen LogP) is 7.43. The van der Waals surface area contributed by atoms with Gasteiger partial charge in [-0.1, -0.05) is 56.2 Å². The molecule has 1 aromatic carbocycles. The van der Waals surface area contributed by atoms with Crippen LogP contribution in [0.15, 0.2) is 35.7 Å². The fraction of sp³-hybridized carbons (Fsp3) is 0.625. The first-order valence-corrected chi connectivity index (χ1v) is 25.7. The predicted molar refractivity (Wildman–Crippen MR) is 248 cm³/mol. The van der Waals surface area contributed by atoms with Gasteiger partial charge in [0.2, 0.25) is 11.8 Å². The molecule has 2 aliphatic heterocycles. The molecule has 8 rings (SSSR count).